The predicted octanol–water partition coefficient (Wildman–Crippen LogP) is 1.96. The molecule has 0 spiro atoms. The van der Waals surface area contributed by atoms with E-state index in [1.54, 1.807) is 10.3 Å². The fourth-order valence-corrected chi connectivity index (χ4v) is 7.84. The molecule has 0 aromatic carbocycles. The van der Waals surface area contributed by atoms with Crippen LogP contribution >= 0.6 is 0 Å². The molecule has 2 heteroatoms. The molecule has 54 valence electrons. The Balaban J connectivity index is 2.47. The third kappa shape index (κ3) is 2.15. The number of hydrogen-bond donors (Lipinski definition) is 0. The monoisotopic (exact) mass is 240 g/mol. The van der Waals surface area contributed by atoms with E-state index in [4.69, 9.17) is 0 Å². The number of carbonyl (C=O) groups excluding carboxylic acids is 1. The van der Waals surface area contributed by atoms with Gasteiger partial charge < -0.3 is 0 Å². The fourth-order valence-electron chi connectivity index (χ4n) is 1.44. The summed E-state index contributed by atoms with van der Waals surface area (Å²) in [7, 11) is 0. The summed E-state index contributed by atoms with van der Waals surface area (Å²) in [5, 5.41) is 0. The van der Waals surface area contributed by atoms with Crippen molar-refractivity contribution in [3.05, 3.63) is 9.41 Å². The topological polar surface area (TPSA) is 17.1 Å². The average molecular weight is 240 g/mol. The number of carbonyl (C=O) groups is 1. The van der Waals surface area contributed by atoms with E-state index >= 15 is 0 Å². The van der Waals surface area contributed by atoms with Gasteiger partial charge in [0.25, 0.3) is 0 Å². The van der Waals surface area contributed by atoms with Gasteiger partial charge in [0, 0.05) is 0 Å². The first kappa shape index (κ1) is 8.38. The fraction of sp³-hybridized carbons (Fsp3) is 0.625. The molecule has 0 saturated heterocycles. The Hall–Kier alpha value is 0.280. The van der Waals surface area contributed by atoms with E-state index in [0.29, 0.717) is 5.78 Å². The average Bonchev–Trinajstić information content (AvgIpc) is 2.15. The molecule has 0 saturated carbocycles. The summed E-state index contributed by atoms with van der Waals surface area (Å²) >= 11 is -1.21. The van der Waals surface area contributed by atoms with E-state index in [1.165, 1.54) is 10.6 Å². The van der Waals surface area contributed by atoms with Gasteiger partial charge in [-0.1, -0.05) is 0 Å². The van der Waals surface area contributed by atoms with Crippen LogP contribution in [-0.4, -0.2) is 27.2 Å². The van der Waals surface area contributed by atoms with E-state index in [9.17, 15) is 4.79 Å². The molecule has 1 nitrogen and oxygen atoms in total. The van der Waals surface area contributed by atoms with Crippen LogP contribution in [0.15, 0.2) is 9.41 Å². The molecule has 0 N–H and O–H groups in total. The van der Waals surface area contributed by atoms with Gasteiger partial charge in [0.1, 0.15) is 0 Å². The summed E-state index contributed by atoms with van der Waals surface area (Å²) in [6.45, 7) is 1.69. The third-order valence-electron chi connectivity index (χ3n) is 2.09. The Morgan fingerprint density at radius 2 is 2.50 bits per heavy atom. The molecule has 0 unspecified atom stereocenters. The first-order valence-corrected chi connectivity index (χ1v) is 11.2. The number of allylic oxidation sites excluding steroid dienone is 2. The molecule has 1 aliphatic rings. The van der Waals surface area contributed by atoms with Gasteiger partial charge in [0.15, 0.2) is 0 Å². The second kappa shape index (κ2) is 3.61. The minimum absolute atomic E-state index is 0.344. The Bertz CT molecular complexity index is 172. The van der Waals surface area contributed by atoms with Crippen molar-refractivity contribution in [3.8, 4) is 0 Å². The van der Waals surface area contributed by atoms with Crippen LogP contribution < -0.4 is 0 Å². The van der Waals surface area contributed by atoms with Crippen LogP contribution in [0.5, 0.6) is 0 Å². The molecule has 10 heavy (non-hydrogen) atoms. The molecule has 0 aromatic rings. The second-order valence-electron chi connectivity index (χ2n) is 3.14. The molecule has 0 atom stereocenters. The molecule has 0 amide bonds. The maximum absolute atomic E-state index is 10.7. The Morgan fingerprint density at radius 3 is 2.90 bits per heavy atom. The van der Waals surface area contributed by atoms with Crippen molar-refractivity contribution in [3.63, 3.8) is 0 Å². The van der Waals surface area contributed by atoms with Crippen LogP contribution in [0.4, 0.5) is 0 Å². The SMILES string of the molecule is CC(=O)C[C]1=CC[CH2][In]1[CH3]. The van der Waals surface area contributed by atoms with Gasteiger partial charge in [-0.25, -0.2) is 0 Å². The van der Waals surface area contributed by atoms with Crippen LogP contribution in [0.2, 0.25) is 8.86 Å². The van der Waals surface area contributed by atoms with E-state index in [0.717, 1.165) is 6.42 Å². The second-order valence-corrected chi connectivity index (χ2v) is 12.0. The number of Topliss-reactive ketones (excluding diaryl/α,β-unsaturated/α-hetero) is 1. The summed E-state index contributed by atoms with van der Waals surface area (Å²) in [5.74, 6) is 0.344. The first-order valence-electron chi connectivity index (χ1n) is 3.88. The van der Waals surface area contributed by atoms with Gasteiger partial charge in [-0.2, -0.15) is 0 Å². The molecule has 1 heterocycles. The molecule has 1 rings (SSSR count). The molecular formula is C8H13InO. The zero-order chi connectivity index (χ0) is 7.56. The zero-order valence-corrected chi connectivity index (χ0v) is 9.98. The van der Waals surface area contributed by atoms with E-state index in [-0.39, 0.29) is 0 Å². The molecule has 0 aromatic heterocycles. The van der Waals surface area contributed by atoms with Gasteiger partial charge >= 0.3 is 70.0 Å². The van der Waals surface area contributed by atoms with Crippen LogP contribution in [0.1, 0.15) is 19.8 Å². The quantitative estimate of drug-likeness (QED) is 0.721. The van der Waals surface area contributed by atoms with Crippen molar-refractivity contribution in [2.75, 3.05) is 0 Å². The van der Waals surface area contributed by atoms with Crippen molar-refractivity contribution < 1.29 is 4.79 Å². The standard InChI is InChI=1S/C7H10O.CH3.In/c1-3-4-5-6-7(2)8;;/h4H,1,3,6H2,2H3;1H3;. The van der Waals surface area contributed by atoms with Crippen molar-refractivity contribution >= 4 is 27.2 Å². The van der Waals surface area contributed by atoms with E-state index in [2.05, 4.69) is 10.8 Å². The van der Waals surface area contributed by atoms with Crippen LogP contribution in [0.3, 0.4) is 0 Å². The van der Waals surface area contributed by atoms with Crippen molar-refractivity contribution in [2.24, 2.45) is 0 Å². The van der Waals surface area contributed by atoms with Crippen LogP contribution in [0, 0.1) is 0 Å². The first-order chi connectivity index (χ1) is 4.70. The third-order valence-corrected chi connectivity index (χ3v) is 10.4. The summed E-state index contributed by atoms with van der Waals surface area (Å²) in [4.78, 5) is 10.7. The van der Waals surface area contributed by atoms with Gasteiger partial charge in [-0.3, -0.25) is 0 Å². The van der Waals surface area contributed by atoms with Crippen molar-refractivity contribution in [1.29, 1.82) is 0 Å². The maximum atomic E-state index is 10.7. The summed E-state index contributed by atoms with van der Waals surface area (Å²) < 4.78 is 5.42. The Morgan fingerprint density at radius 1 is 1.80 bits per heavy atom. The normalized spacial score (nSPS) is 17.4. The number of ketones is 1. The van der Waals surface area contributed by atoms with Crippen LogP contribution in [-0.2, 0) is 4.79 Å². The van der Waals surface area contributed by atoms with Crippen molar-refractivity contribution in [2.45, 2.75) is 28.6 Å². The van der Waals surface area contributed by atoms with Gasteiger partial charge in [0.2, 0.25) is 0 Å². The van der Waals surface area contributed by atoms with E-state index in [1.807, 2.05) is 0 Å². The van der Waals surface area contributed by atoms with Crippen molar-refractivity contribution in [1.82, 2.24) is 0 Å². The minimum atomic E-state index is -1.21. The Labute approximate surface area is 70.0 Å². The molecule has 0 bridgehead atoms. The van der Waals surface area contributed by atoms with Crippen LogP contribution in [0.25, 0.3) is 0 Å². The molecule has 0 fully saturated rings. The summed E-state index contributed by atoms with van der Waals surface area (Å²) in [6, 6.07) is 0. The van der Waals surface area contributed by atoms with Gasteiger partial charge in [0.05, 0.1) is 0 Å². The molecule has 0 radical (unpaired) electrons. The molecule has 0 aliphatic carbocycles. The Kier molecular flexibility index (Phi) is 3.02. The van der Waals surface area contributed by atoms with Gasteiger partial charge in [-0.05, 0) is 0 Å². The number of rotatable bonds is 2. The van der Waals surface area contributed by atoms with Gasteiger partial charge in [-0.15, -0.1) is 0 Å². The van der Waals surface area contributed by atoms with E-state index < -0.39 is 21.4 Å². The summed E-state index contributed by atoms with van der Waals surface area (Å²) in [5.41, 5.74) is 0. The number of hydrogen-bond acceptors (Lipinski definition) is 1. The molecule has 1 aliphatic heterocycles. The predicted molar refractivity (Wildman–Crippen MR) is 44.4 cm³/mol. The zero-order valence-electron chi connectivity index (χ0n) is 6.68. The molecular weight excluding hydrogens is 227 g/mol. The summed E-state index contributed by atoms with van der Waals surface area (Å²) in [6.07, 6.45) is 4.35.